The summed E-state index contributed by atoms with van der Waals surface area (Å²) in [6, 6.07) is 15.2. The zero-order valence-corrected chi connectivity index (χ0v) is 14.6. The standard InChI is InChI=1S/C18H13FN2O2S2/c19-13-7-4-8-14(10-13)20-16(22)11-24-18-21-17(23)15(25-18)9-12-5-2-1-3-6-12/h1-10H,11H2,(H,20,22)/b15-9-. The van der Waals surface area contributed by atoms with E-state index in [0.29, 0.717) is 15.0 Å². The molecule has 0 aromatic heterocycles. The first-order valence-electron chi connectivity index (χ1n) is 7.36. The van der Waals surface area contributed by atoms with Gasteiger partial charge in [0.25, 0.3) is 5.91 Å². The van der Waals surface area contributed by atoms with Crippen LogP contribution < -0.4 is 5.32 Å². The fourth-order valence-electron chi connectivity index (χ4n) is 2.04. The van der Waals surface area contributed by atoms with Crippen LogP contribution in [0, 0.1) is 5.82 Å². The Morgan fingerprint density at radius 2 is 2.00 bits per heavy atom. The number of carbonyl (C=O) groups excluding carboxylic acids is 2. The lowest BCUT2D eigenvalue weighted by Crippen LogP contribution is -2.14. The molecule has 1 heterocycles. The predicted molar refractivity (Wildman–Crippen MR) is 102 cm³/mol. The number of rotatable bonds is 4. The summed E-state index contributed by atoms with van der Waals surface area (Å²) < 4.78 is 13.6. The number of amides is 2. The minimum absolute atomic E-state index is 0.0915. The zero-order chi connectivity index (χ0) is 17.6. The Bertz CT molecular complexity index is 866. The molecule has 0 atom stereocenters. The summed E-state index contributed by atoms with van der Waals surface area (Å²) in [5.74, 6) is -0.912. The minimum atomic E-state index is -0.414. The highest BCUT2D eigenvalue weighted by Gasteiger charge is 2.22. The molecule has 1 aliphatic rings. The van der Waals surface area contributed by atoms with Crippen LogP contribution in [-0.2, 0) is 9.59 Å². The molecule has 1 N–H and O–H groups in total. The van der Waals surface area contributed by atoms with E-state index in [1.165, 1.54) is 41.7 Å². The maximum absolute atomic E-state index is 13.1. The van der Waals surface area contributed by atoms with Crippen molar-refractivity contribution in [2.75, 3.05) is 11.1 Å². The van der Waals surface area contributed by atoms with Gasteiger partial charge in [-0.05, 0) is 29.8 Å². The van der Waals surface area contributed by atoms with Crippen molar-refractivity contribution in [3.8, 4) is 0 Å². The molecule has 0 unspecified atom stereocenters. The Kier molecular flexibility index (Phi) is 5.67. The van der Waals surface area contributed by atoms with E-state index >= 15 is 0 Å². The maximum atomic E-state index is 13.1. The first kappa shape index (κ1) is 17.4. The number of halogens is 1. The molecule has 7 heteroatoms. The van der Waals surface area contributed by atoms with Crippen LogP contribution in [0.4, 0.5) is 10.1 Å². The van der Waals surface area contributed by atoms with E-state index in [4.69, 9.17) is 0 Å². The molecule has 126 valence electrons. The normalized spacial score (nSPS) is 15.3. The van der Waals surface area contributed by atoms with Crippen molar-refractivity contribution in [1.82, 2.24) is 0 Å². The summed E-state index contributed by atoms with van der Waals surface area (Å²) >= 11 is 2.43. The van der Waals surface area contributed by atoms with Gasteiger partial charge in [0, 0.05) is 5.69 Å². The number of anilines is 1. The van der Waals surface area contributed by atoms with Crippen molar-refractivity contribution in [3.05, 3.63) is 70.9 Å². The Hall–Kier alpha value is -2.38. The van der Waals surface area contributed by atoms with Gasteiger partial charge in [0.1, 0.15) is 10.2 Å². The summed E-state index contributed by atoms with van der Waals surface area (Å²) in [6.45, 7) is 0. The Morgan fingerprint density at radius 3 is 2.76 bits per heavy atom. The van der Waals surface area contributed by atoms with E-state index in [1.807, 2.05) is 30.3 Å². The Balaban J connectivity index is 1.54. The van der Waals surface area contributed by atoms with E-state index in [-0.39, 0.29) is 17.6 Å². The van der Waals surface area contributed by atoms with Gasteiger partial charge in [-0.2, -0.15) is 4.99 Å². The molecule has 25 heavy (non-hydrogen) atoms. The summed E-state index contributed by atoms with van der Waals surface area (Å²) in [5.41, 5.74) is 1.32. The first-order valence-corrected chi connectivity index (χ1v) is 9.16. The molecule has 2 amide bonds. The molecule has 4 nitrogen and oxygen atoms in total. The second-order valence-corrected chi connectivity index (χ2v) is 7.30. The monoisotopic (exact) mass is 372 g/mol. The fraction of sp³-hybridized carbons (Fsp3) is 0.0556. The Labute approximate surface area is 152 Å². The van der Waals surface area contributed by atoms with Crippen molar-refractivity contribution in [1.29, 1.82) is 0 Å². The minimum Gasteiger partial charge on any atom is -0.325 e. The number of nitrogens with one attached hydrogen (secondary N) is 1. The summed E-state index contributed by atoms with van der Waals surface area (Å²) in [7, 11) is 0. The highest BCUT2D eigenvalue weighted by atomic mass is 32.2. The van der Waals surface area contributed by atoms with Gasteiger partial charge in [-0.3, -0.25) is 9.59 Å². The highest BCUT2D eigenvalue weighted by molar-refractivity contribution is 8.41. The van der Waals surface area contributed by atoms with Crippen LogP contribution in [0.2, 0.25) is 0 Å². The van der Waals surface area contributed by atoms with Crippen molar-refractivity contribution in [2.45, 2.75) is 0 Å². The van der Waals surface area contributed by atoms with Gasteiger partial charge in [0.15, 0.2) is 0 Å². The smallest absolute Gasteiger partial charge is 0.285 e. The fourth-order valence-corrected chi connectivity index (χ4v) is 3.84. The molecule has 0 saturated heterocycles. The molecule has 2 aromatic rings. The molecular weight excluding hydrogens is 359 g/mol. The average molecular weight is 372 g/mol. The SMILES string of the molecule is O=C(CSC1=NC(=O)/C(=C/c2ccccc2)S1)Nc1cccc(F)c1. The van der Waals surface area contributed by atoms with Gasteiger partial charge in [-0.1, -0.05) is 59.9 Å². The highest BCUT2D eigenvalue weighted by Crippen LogP contribution is 2.33. The number of carbonyl (C=O) groups is 2. The maximum Gasteiger partial charge on any atom is 0.285 e. The Morgan fingerprint density at radius 1 is 1.20 bits per heavy atom. The molecule has 2 aromatic carbocycles. The quantitative estimate of drug-likeness (QED) is 0.819. The number of hydrogen-bond acceptors (Lipinski definition) is 4. The van der Waals surface area contributed by atoms with Crippen LogP contribution in [0.15, 0.2) is 64.5 Å². The van der Waals surface area contributed by atoms with Gasteiger partial charge >= 0.3 is 0 Å². The molecule has 0 aliphatic carbocycles. The molecule has 0 radical (unpaired) electrons. The van der Waals surface area contributed by atoms with Crippen LogP contribution in [0.5, 0.6) is 0 Å². The summed E-state index contributed by atoms with van der Waals surface area (Å²) in [6.07, 6.45) is 1.77. The lowest BCUT2D eigenvalue weighted by atomic mass is 10.2. The topological polar surface area (TPSA) is 58.5 Å². The number of thioether (sulfide) groups is 2. The third-order valence-electron chi connectivity index (χ3n) is 3.13. The van der Waals surface area contributed by atoms with Gasteiger partial charge < -0.3 is 5.32 Å². The van der Waals surface area contributed by atoms with Crippen LogP contribution >= 0.6 is 23.5 Å². The molecule has 0 fully saturated rings. The van der Waals surface area contributed by atoms with Crippen LogP contribution in [0.25, 0.3) is 6.08 Å². The van der Waals surface area contributed by atoms with Gasteiger partial charge in [-0.25, -0.2) is 4.39 Å². The van der Waals surface area contributed by atoms with E-state index < -0.39 is 5.82 Å². The van der Waals surface area contributed by atoms with Gasteiger partial charge in [0.2, 0.25) is 5.91 Å². The van der Waals surface area contributed by atoms with E-state index in [0.717, 1.165) is 5.56 Å². The van der Waals surface area contributed by atoms with Gasteiger partial charge in [0.05, 0.1) is 10.7 Å². The van der Waals surface area contributed by atoms with Gasteiger partial charge in [-0.15, -0.1) is 0 Å². The number of hydrogen-bond donors (Lipinski definition) is 1. The number of aliphatic imine (C=N–C) groups is 1. The zero-order valence-electron chi connectivity index (χ0n) is 12.9. The summed E-state index contributed by atoms with van der Waals surface area (Å²) in [4.78, 5) is 28.3. The largest absolute Gasteiger partial charge is 0.325 e. The molecule has 0 saturated carbocycles. The van der Waals surface area contributed by atoms with E-state index in [1.54, 1.807) is 12.1 Å². The molecule has 1 aliphatic heterocycles. The first-order chi connectivity index (χ1) is 12.1. The van der Waals surface area contributed by atoms with E-state index in [2.05, 4.69) is 10.3 Å². The second kappa shape index (κ2) is 8.13. The molecule has 0 spiro atoms. The van der Waals surface area contributed by atoms with Crippen molar-refractivity contribution in [3.63, 3.8) is 0 Å². The van der Waals surface area contributed by atoms with E-state index in [9.17, 15) is 14.0 Å². The van der Waals surface area contributed by atoms with Crippen molar-refractivity contribution < 1.29 is 14.0 Å². The molecular formula is C18H13FN2O2S2. The third kappa shape index (κ3) is 5.04. The second-order valence-electron chi connectivity index (χ2n) is 5.05. The lowest BCUT2D eigenvalue weighted by Gasteiger charge is -2.04. The van der Waals surface area contributed by atoms with Crippen LogP contribution in [0.1, 0.15) is 5.56 Å². The predicted octanol–water partition coefficient (Wildman–Crippen LogP) is 4.17. The summed E-state index contributed by atoms with van der Waals surface area (Å²) in [5, 5.41) is 2.61. The lowest BCUT2D eigenvalue weighted by molar-refractivity contribution is -0.114. The molecule has 0 bridgehead atoms. The van der Waals surface area contributed by atoms with Crippen LogP contribution in [0.3, 0.4) is 0 Å². The molecule has 3 rings (SSSR count). The third-order valence-corrected chi connectivity index (χ3v) is 5.26. The number of nitrogens with zero attached hydrogens (tertiary/aromatic N) is 1. The van der Waals surface area contributed by atoms with Crippen LogP contribution in [-0.4, -0.2) is 21.9 Å². The van der Waals surface area contributed by atoms with Crippen molar-refractivity contribution in [2.24, 2.45) is 4.99 Å². The number of benzene rings is 2. The van der Waals surface area contributed by atoms with Crippen molar-refractivity contribution >= 4 is 51.5 Å². The average Bonchev–Trinajstić information content (AvgIpc) is 2.94.